The lowest BCUT2D eigenvalue weighted by Crippen LogP contribution is -2.47. The van der Waals surface area contributed by atoms with Crippen LogP contribution in [0.4, 0.5) is 11.4 Å². The second-order valence-corrected chi connectivity index (χ2v) is 6.40. The van der Waals surface area contributed by atoms with Gasteiger partial charge in [-0.1, -0.05) is 30.3 Å². The highest BCUT2D eigenvalue weighted by Crippen LogP contribution is 2.36. The molecule has 0 N–H and O–H groups in total. The van der Waals surface area contributed by atoms with E-state index < -0.39 is 4.92 Å². The number of benzene rings is 2. The van der Waals surface area contributed by atoms with Crippen LogP contribution in [0.5, 0.6) is 0 Å². The third-order valence-corrected chi connectivity index (χ3v) is 4.66. The van der Waals surface area contributed by atoms with Crippen molar-refractivity contribution in [1.82, 2.24) is 4.90 Å². The van der Waals surface area contributed by atoms with Crippen LogP contribution in [0.2, 0.25) is 0 Å². The quantitative estimate of drug-likeness (QED) is 0.486. The van der Waals surface area contributed by atoms with Crippen molar-refractivity contribution in [3.8, 4) is 0 Å². The van der Waals surface area contributed by atoms with Crippen LogP contribution in [0.25, 0.3) is 0 Å². The van der Waals surface area contributed by atoms with Crippen molar-refractivity contribution in [2.45, 2.75) is 13.0 Å². The molecule has 0 saturated carbocycles. The molecule has 2 aromatic rings. The van der Waals surface area contributed by atoms with Crippen molar-refractivity contribution in [2.24, 2.45) is 0 Å². The van der Waals surface area contributed by atoms with Gasteiger partial charge in [0, 0.05) is 31.3 Å². The van der Waals surface area contributed by atoms with Crippen LogP contribution in [-0.2, 0) is 0 Å². The molecule has 6 heteroatoms. The molecule has 25 heavy (non-hydrogen) atoms. The summed E-state index contributed by atoms with van der Waals surface area (Å²) in [5, 5.41) is 11.6. The highest BCUT2D eigenvalue weighted by Gasteiger charge is 2.31. The lowest BCUT2D eigenvalue weighted by molar-refractivity contribution is -0.384. The number of nitro benzene ring substituents is 1. The van der Waals surface area contributed by atoms with Gasteiger partial charge in [0.25, 0.3) is 5.69 Å². The zero-order valence-electron chi connectivity index (χ0n) is 14.4. The third kappa shape index (κ3) is 3.53. The topological polar surface area (TPSA) is 66.7 Å². The minimum absolute atomic E-state index is 0.0156. The van der Waals surface area contributed by atoms with Gasteiger partial charge in [-0.15, -0.1) is 0 Å². The zero-order valence-corrected chi connectivity index (χ0v) is 14.4. The number of carbonyl (C=O) groups is 1. The predicted octanol–water partition coefficient (Wildman–Crippen LogP) is 3.29. The maximum Gasteiger partial charge on any atom is 0.293 e. The summed E-state index contributed by atoms with van der Waals surface area (Å²) in [7, 11) is 2.06. The second-order valence-electron chi connectivity index (χ2n) is 6.40. The van der Waals surface area contributed by atoms with Crippen LogP contribution in [0.3, 0.4) is 0 Å². The van der Waals surface area contributed by atoms with Gasteiger partial charge < -0.3 is 9.80 Å². The molecule has 0 bridgehead atoms. The smallest absolute Gasteiger partial charge is 0.293 e. The van der Waals surface area contributed by atoms with E-state index in [1.54, 1.807) is 12.1 Å². The average molecular weight is 339 g/mol. The van der Waals surface area contributed by atoms with Crippen LogP contribution in [-0.4, -0.2) is 42.3 Å². The van der Waals surface area contributed by atoms with Crippen molar-refractivity contribution in [1.29, 1.82) is 0 Å². The largest absolute Gasteiger partial charge is 0.356 e. The molecule has 2 aromatic carbocycles. The summed E-state index contributed by atoms with van der Waals surface area (Å²) in [5.74, 6) is -0.173. The Hall–Kier alpha value is -2.73. The van der Waals surface area contributed by atoms with Crippen molar-refractivity contribution in [3.05, 3.63) is 69.8 Å². The summed E-state index contributed by atoms with van der Waals surface area (Å²) in [6.07, 6.45) is 0. The molecule has 1 fully saturated rings. The number of hydrogen-bond acceptors (Lipinski definition) is 5. The van der Waals surface area contributed by atoms with E-state index in [-0.39, 0.29) is 17.5 Å². The zero-order chi connectivity index (χ0) is 18.0. The molecule has 1 atom stereocenters. The molecule has 1 aliphatic heterocycles. The fourth-order valence-electron chi connectivity index (χ4n) is 3.30. The second kappa shape index (κ2) is 7.03. The highest BCUT2D eigenvalue weighted by atomic mass is 16.6. The van der Waals surface area contributed by atoms with Crippen molar-refractivity contribution < 1.29 is 9.72 Å². The van der Waals surface area contributed by atoms with Gasteiger partial charge in [0.2, 0.25) is 0 Å². The van der Waals surface area contributed by atoms with Crippen LogP contribution >= 0.6 is 0 Å². The molecule has 6 nitrogen and oxygen atoms in total. The van der Waals surface area contributed by atoms with Crippen LogP contribution < -0.4 is 4.90 Å². The predicted molar refractivity (Wildman–Crippen MR) is 97.1 cm³/mol. The Morgan fingerprint density at radius 3 is 2.52 bits per heavy atom. The molecule has 1 saturated heterocycles. The highest BCUT2D eigenvalue weighted by molar-refractivity contribution is 5.95. The number of anilines is 1. The number of Topliss-reactive ketones (excluding diaryl/α,β-unsaturated/α-hetero) is 1. The molecule has 1 heterocycles. The number of hydrogen-bond donors (Lipinski definition) is 0. The van der Waals surface area contributed by atoms with Crippen LogP contribution in [0.15, 0.2) is 48.5 Å². The molecule has 1 unspecified atom stereocenters. The van der Waals surface area contributed by atoms with Gasteiger partial charge >= 0.3 is 0 Å². The number of ketones is 1. The van der Waals surface area contributed by atoms with Crippen molar-refractivity contribution in [3.63, 3.8) is 0 Å². The van der Waals surface area contributed by atoms with E-state index >= 15 is 0 Å². The first-order valence-electron chi connectivity index (χ1n) is 8.27. The Morgan fingerprint density at radius 1 is 1.16 bits per heavy atom. The monoisotopic (exact) mass is 339 g/mol. The summed E-state index contributed by atoms with van der Waals surface area (Å²) in [6.45, 7) is 3.72. The van der Waals surface area contributed by atoms with Gasteiger partial charge in [-0.2, -0.15) is 0 Å². The molecule has 1 aliphatic rings. The third-order valence-electron chi connectivity index (χ3n) is 4.66. The van der Waals surface area contributed by atoms with Crippen molar-refractivity contribution in [2.75, 3.05) is 31.6 Å². The normalized spacial score (nSPS) is 18.2. The molecular weight excluding hydrogens is 318 g/mol. The number of piperazine rings is 1. The fourth-order valence-corrected chi connectivity index (χ4v) is 3.30. The molecule has 0 aromatic heterocycles. The molecular formula is C19H21N3O3. The number of carbonyl (C=O) groups excluding carboxylic acids is 1. The van der Waals surface area contributed by atoms with E-state index in [9.17, 15) is 14.9 Å². The van der Waals surface area contributed by atoms with Gasteiger partial charge in [0.1, 0.15) is 5.69 Å². The van der Waals surface area contributed by atoms with Crippen LogP contribution in [0.1, 0.15) is 28.9 Å². The first kappa shape index (κ1) is 17.1. The Morgan fingerprint density at radius 2 is 1.88 bits per heavy atom. The minimum atomic E-state index is -0.401. The van der Waals surface area contributed by atoms with Crippen molar-refractivity contribution >= 4 is 17.2 Å². The number of rotatable bonds is 4. The molecule has 0 spiro atoms. The van der Waals surface area contributed by atoms with Gasteiger partial charge in [-0.3, -0.25) is 14.9 Å². The molecule has 130 valence electrons. The van der Waals surface area contributed by atoms with Gasteiger partial charge in [-0.05, 0) is 31.7 Å². The first-order chi connectivity index (χ1) is 12.0. The Bertz CT molecular complexity index is 792. The first-order valence-corrected chi connectivity index (χ1v) is 8.27. The van der Waals surface area contributed by atoms with E-state index in [0.717, 1.165) is 18.7 Å². The van der Waals surface area contributed by atoms with Gasteiger partial charge in [0.05, 0.1) is 11.0 Å². The Labute approximate surface area is 146 Å². The molecule has 0 aliphatic carbocycles. The average Bonchev–Trinajstić information content (AvgIpc) is 2.62. The van der Waals surface area contributed by atoms with Crippen LogP contribution in [0, 0.1) is 10.1 Å². The van der Waals surface area contributed by atoms with E-state index in [1.807, 2.05) is 30.3 Å². The Kier molecular flexibility index (Phi) is 4.81. The minimum Gasteiger partial charge on any atom is -0.356 e. The molecule has 0 amide bonds. The summed E-state index contributed by atoms with van der Waals surface area (Å²) in [5.41, 5.74) is 2.04. The van der Waals surface area contributed by atoms with Gasteiger partial charge in [0.15, 0.2) is 5.78 Å². The maximum absolute atomic E-state index is 11.6. The van der Waals surface area contributed by atoms with Gasteiger partial charge in [-0.25, -0.2) is 0 Å². The van der Waals surface area contributed by atoms with E-state index in [2.05, 4.69) is 16.8 Å². The number of likely N-dealkylation sites (N-methyl/N-ethyl adjacent to an activating group) is 1. The number of nitrogens with zero attached hydrogens (tertiary/aromatic N) is 3. The van der Waals surface area contributed by atoms with E-state index in [4.69, 9.17) is 0 Å². The summed E-state index contributed by atoms with van der Waals surface area (Å²) < 4.78 is 0. The van der Waals surface area contributed by atoms with E-state index in [0.29, 0.717) is 17.8 Å². The molecule has 3 rings (SSSR count). The molecule has 0 radical (unpaired) electrons. The summed E-state index contributed by atoms with van der Waals surface area (Å²) >= 11 is 0. The number of nitro groups is 1. The fraction of sp³-hybridized carbons (Fsp3) is 0.316. The Balaban J connectivity index is 2.06. The standard InChI is InChI=1S/C19H21N3O3/c1-14(23)16-8-9-17(18(12-16)22(24)25)21-11-10-20(2)13-19(21)15-6-4-3-5-7-15/h3-9,12,19H,10-11,13H2,1-2H3. The lowest BCUT2D eigenvalue weighted by atomic mass is 10.0. The maximum atomic E-state index is 11.6. The summed E-state index contributed by atoms with van der Waals surface area (Å²) in [4.78, 5) is 27.1. The SMILES string of the molecule is CC(=O)c1ccc(N2CCN(C)CC2c2ccccc2)c([N+](=O)[O-])c1. The van der Waals surface area contributed by atoms with E-state index in [1.165, 1.54) is 13.0 Å². The lowest BCUT2D eigenvalue weighted by Gasteiger charge is -2.41. The summed E-state index contributed by atoms with van der Waals surface area (Å²) in [6, 6.07) is 14.8.